The van der Waals surface area contributed by atoms with E-state index in [0.717, 1.165) is 0 Å². The fourth-order valence-corrected chi connectivity index (χ4v) is 1.88. The van der Waals surface area contributed by atoms with Crippen LogP contribution in [0.4, 0.5) is 0 Å². The highest BCUT2D eigenvalue weighted by molar-refractivity contribution is 6.07. The number of likely N-dealkylation sites (tertiary alicyclic amines) is 1. The molecule has 0 aliphatic carbocycles. The number of carbonyl (C=O) groups excluding carboxylic acids is 3. The van der Waals surface area contributed by atoms with E-state index in [1.54, 1.807) is 13.8 Å². The van der Waals surface area contributed by atoms with Crippen molar-refractivity contribution in [1.29, 1.82) is 0 Å². The molecule has 1 saturated heterocycles. The first-order valence-electron chi connectivity index (χ1n) is 6.17. The molecule has 0 spiro atoms. The molecule has 0 radical (unpaired) electrons. The molecule has 1 aliphatic rings. The van der Waals surface area contributed by atoms with E-state index >= 15 is 0 Å². The summed E-state index contributed by atoms with van der Waals surface area (Å²) in [6, 6.07) is -1.62. The second-order valence-electron chi connectivity index (χ2n) is 5.23. The Morgan fingerprint density at radius 3 is 2.28 bits per heavy atom. The van der Waals surface area contributed by atoms with Gasteiger partial charge in [0.15, 0.2) is 0 Å². The van der Waals surface area contributed by atoms with E-state index in [2.05, 4.69) is 5.32 Å². The van der Waals surface area contributed by atoms with Crippen molar-refractivity contribution in [3.8, 4) is 0 Å². The average Bonchev–Trinajstić information content (AvgIpc) is 2.52. The summed E-state index contributed by atoms with van der Waals surface area (Å²) in [5.74, 6) is -1.00. The lowest BCUT2D eigenvalue weighted by Gasteiger charge is -2.20. The molecule has 3 amide bonds. The van der Waals surface area contributed by atoms with Gasteiger partial charge in [0.1, 0.15) is 6.04 Å². The van der Waals surface area contributed by atoms with Crippen molar-refractivity contribution in [2.45, 2.75) is 52.2 Å². The van der Waals surface area contributed by atoms with Gasteiger partial charge in [-0.3, -0.25) is 19.3 Å². The summed E-state index contributed by atoms with van der Waals surface area (Å²) >= 11 is 0. The van der Waals surface area contributed by atoms with Crippen LogP contribution >= 0.6 is 0 Å². The number of imide groups is 1. The Kier molecular flexibility index (Phi) is 4.45. The standard InChI is InChI=1S/C12H21N3O3/c1-6(2)10(13)11(17)14-8-5-9(16)15(7(3)4)12(8)18/h6-8,10H,5,13H2,1-4H3,(H,14,17)/t8?,10-/m0/s1. The SMILES string of the molecule is CC(C)[C@H](N)C(=O)NC1CC(=O)N(C(C)C)C1=O. The number of nitrogens with one attached hydrogen (secondary N) is 1. The summed E-state index contributed by atoms with van der Waals surface area (Å²) in [5, 5.41) is 2.55. The van der Waals surface area contributed by atoms with E-state index in [-0.39, 0.29) is 36.1 Å². The lowest BCUT2D eigenvalue weighted by molar-refractivity contribution is -0.141. The smallest absolute Gasteiger partial charge is 0.252 e. The van der Waals surface area contributed by atoms with Gasteiger partial charge in [0.25, 0.3) is 5.91 Å². The molecule has 0 aromatic heterocycles. The molecule has 1 heterocycles. The molecule has 0 saturated carbocycles. The molecule has 6 nitrogen and oxygen atoms in total. The lowest BCUT2D eigenvalue weighted by atomic mass is 10.0. The van der Waals surface area contributed by atoms with Crippen molar-refractivity contribution in [1.82, 2.24) is 10.2 Å². The van der Waals surface area contributed by atoms with Gasteiger partial charge in [-0.15, -0.1) is 0 Å². The first-order valence-corrected chi connectivity index (χ1v) is 6.17. The van der Waals surface area contributed by atoms with Crippen LogP contribution in [0.1, 0.15) is 34.1 Å². The first-order chi connectivity index (χ1) is 8.25. The van der Waals surface area contributed by atoms with Crippen molar-refractivity contribution >= 4 is 17.7 Å². The van der Waals surface area contributed by atoms with E-state index in [4.69, 9.17) is 5.73 Å². The molecule has 18 heavy (non-hydrogen) atoms. The third kappa shape index (κ3) is 2.87. The van der Waals surface area contributed by atoms with Gasteiger partial charge in [0, 0.05) is 6.04 Å². The Morgan fingerprint density at radius 1 is 1.33 bits per heavy atom. The van der Waals surface area contributed by atoms with Gasteiger partial charge >= 0.3 is 0 Å². The van der Waals surface area contributed by atoms with Crippen molar-refractivity contribution < 1.29 is 14.4 Å². The molecule has 0 aromatic carbocycles. The van der Waals surface area contributed by atoms with E-state index in [0.29, 0.717) is 0 Å². The second-order valence-corrected chi connectivity index (χ2v) is 5.23. The van der Waals surface area contributed by atoms with E-state index in [9.17, 15) is 14.4 Å². The number of nitrogens with two attached hydrogens (primary N) is 1. The maximum atomic E-state index is 11.9. The fraction of sp³-hybridized carbons (Fsp3) is 0.750. The molecular weight excluding hydrogens is 234 g/mol. The third-order valence-electron chi connectivity index (χ3n) is 3.04. The summed E-state index contributed by atoms with van der Waals surface area (Å²) in [6.45, 7) is 7.18. The predicted molar refractivity (Wildman–Crippen MR) is 66.4 cm³/mol. The van der Waals surface area contributed by atoms with Crippen LogP contribution in [0, 0.1) is 5.92 Å². The first kappa shape index (κ1) is 14.6. The monoisotopic (exact) mass is 255 g/mol. The van der Waals surface area contributed by atoms with Crippen LogP contribution in [0.15, 0.2) is 0 Å². The van der Waals surface area contributed by atoms with Crippen molar-refractivity contribution in [2.75, 3.05) is 0 Å². The van der Waals surface area contributed by atoms with Gasteiger partial charge < -0.3 is 11.1 Å². The Morgan fingerprint density at radius 2 is 1.89 bits per heavy atom. The average molecular weight is 255 g/mol. The molecule has 6 heteroatoms. The number of amides is 3. The molecule has 3 N–H and O–H groups in total. The molecule has 1 unspecified atom stereocenters. The maximum absolute atomic E-state index is 11.9. The Hall–Kier alpha value is -1.43. The minimum absolute atomic E-state index is 0.0154. The molecular formula is C12H21N3O3. The molecule has 102 valence electrons. The van der Waals surface area contributed by atoms with Gasteiger partial charge in [0.05, 0.1) is 12.5 Å². The zero-order valence-electron chi connectivity index (χ0n) is 11.3. The quantitative estimate of drug-likeness (QED) is 0.670. The van der Waals surface area contributed by atoms with Gasteiger partial charge in [0.2, 0.25) is 11.8 Å². The van der Waals surface area contributed by atoms with Crippen molar-refractivity contribution in [2.24, 2.45) is 11.7 Å². The minimum Gasteiger partial charge on any atom is -0.342 e. The van der Waals surface area contributed by atoms with Gasteiger partial charge in [-0.1, -0.05) is 13.8 Å². The van der Waals surface area contributed by atoms with Gasteiger partial charge in [-0.2, -0.15) is 0 Å². The Bertz CT molecular complexity index is 366. The van der Waals surface area contributed by atoms with E-state index in [1.807, 2.05) is 13.8 Å². The number of hydrogen-bond donors (Lipinski definition) is 2. The molecule has 1 aliphatic heterocycles. The fourth-order valence-electron chi connectivity index (χ4n) is 1.88. The van der Waals surface area contributed by atoms with E-state index < -0.39 is 12.1 Å². The largest absolute Gasteiger partial charge is 0.342 e. The van der Waals surface area contributed by atoms with Crippen LogP contribution in [0.25, 0.3) is 0 Å². The van der Waals surface area contributed by atoms with Crippen LogP contribution < -0.4 is 11.1 Å². The van der Waals surface area contributed by atoms with Crippen LogP contribution in [0.2, 0.25) is 0 Å². The summed E-state index contributed by atoms with van der Waals surface area (Å²) < 4.78 is 0. The molecule has 1 rings (SSSR count). The molecule has 0 aromatic rings. The summed E-state index contributed by atoms with van der Waals surface area (Å²) in [4.78, 5) is 36.5. The normalized spacial score (nSPS) is 21.9. The highest BCUT2D eigenvalue weighted by atomic mass is 16.2. The van der Waals surface area contributed by atoms with E-state index in [1.165, 1.54) is 4.90 Å². The molecule has 0 bridgehead atoms. The van der Waals surface area contributed by atoms with Crippen LogP contribution in [0.5, 0.6) is 0 Å². The van der Waals surface area contributed by atoms with Crippen LogP contribution in [0.3, 0.4) is 0 Å². The van der Waals surface area contributed by atoms with Crippen molar-refractivity contribution in [3.05, 3.63) is 0 Å². The highest BCUT2D eigenvalue weighted by Gasteiger charge is 2.41. The predicted octanol–water partition coefficient (Wildman–Crippen LogP) is -0.378. The van der Waals surface area contributed by atoms with Gasteiger partial charge in [-0.25, -0.2) is 0 Å². The van der Waals surface area contributed by atoms with Gasteiger partial charge in [-0.05, 0) is 19.8 Å². The number of hydrogen-bond acceptors (Lipinski definition) is 4. The summed E-state index contributed by atoms with van der Waals surface area (Å²) in [7, 11) is 0. The van der Waals surface area contributed by atoms with Crippen LogP contribution in [-0.2, 0) is 14.4 Å². The Labute approximate surface area is 107 Å². The summed E-state index contributed by atoms with van der Waals surface area (Å²) in [6.07, 6.45) is 0.0214. The third-order valence-corrected chi connectivity index (χ3v) is 3.04. The number of rotatable bonds is 4. The maximum Gasteiger partial charge on any atom is 0.252 e. The second kappa shape index (κ2) is 5.48. The summed E-state index contributed by atoms with van der Waals surface area (Å²) in [5.41, 5.74) is 5.69. The minimum atomic E-state index is -0.766. The highest BCUT2D eigenvalue weighted by Crippen LogP contribution is 2.16. The topological polar surface area (TPSA) is 92.5 Å². The zero-order chi connectivity index (χ0) is 14.0. The lowest BCUT2D eigenvalue weighted by Crippen LogP contribution is -2.50. The molecule has 2 atom stereocenters. The van der Waals surface area contributed by atoms with Crippen molar-refractivity contribution in [3.63, 3.8) is 0 Å². The molecule has 1 fully saturated rings. The number of carbonyl (C=O) groups is 3. The number of nitrogens with zero attached hydrogens (tertiary/aromatic N) is 1. The Balaban J connectivity index is 2.68. The van der Waals surface area contributed by atoms with Crippen LogP contribution in [-0.4, -0.2) is 40.7 Å². The zero-order valence-corrected chi connectivity index (χ0v) is 11.3.